The number of nitrogens with zero attached hydrogens (tertiary/aromatic N) is 3. The van der Waals surface area contributed by atoms with Crippen molar-refractivity contribution >= 4 is 33.4 Å². The number of carboxylic acids is 1. The first-order chi connectivity index (χ1) is 19.1. The molecule has 3 aromatic rings. The lowest BCUT2D eigenvalue weighted by Gasteiger charge is -2.33. The van der Waals surface area contributed by atoms with Crippen molar-refractivity contribution in [2.45, 2.75) is 77.3 Å². The Bertz CT molecular complexity index is 1390. The number of piperazine rings is 1. The summed E-state index contributed by atoms with van der Waals surface area (Å²) in [5.74, 6) is -0.468. The lowest BCUT2D eigenvalue weighted by molar-refractivity contribution is -0.139. The van der Waals surface area contributed by atoms with E-state index in [0.29, 0.717) is 12.1 Å². The average Bonchev–Trinajstić information content (AvgIpc) is 3.67. The van der Waals surface area contributed by atoms with Gasteiger partial charge in [-0.05, 0) is 89.1 Å². The molecule has 1 amide bonds. The number of aromatic nitrogens is 1. The fraction of sp³-hybridized carbons (Fsp3) is 0.562. The van der Waals surface area contributed by atoms with Crippen molar-refractivity contribution in [3.8, 4) is 11.3 Å². The Morgan fingerprint density at radius 3 is 2.15 bits per heavy atom. The molecule has 40 heavy (non-hydrogen) atoms. The SMILES string of the molecule is Cc1cc(C)cc(-c2[nH]c3sc(C(C)(C)C(=O)N4C5CCC4CC5)cc3c2CCN2CCN(CC(=O)O)CC2)c1. The summed E-state index contributed by atoms with van der Waals surface area (Å²) in [6.07, 6.45) is 5.54. The van der Waals surface area contributed by atoms with E-state index in [2.05, 4.69) is 66.7 Å². The largest absolute Gasteiger partial charge is 0.480 e. The zero-order valence-corrected chi connectivity index (χ0v) is 25.1. The standard InChI is InChI=1S/C32H42N4O3S/c1-20-15-21(2)17-22(16-20)29-25(9-10-34-11-13-35(14-12-34)19-28(37)38)26-18-27(40-30(26)33-29)32(3,4)31(39)36-23-5-6-24(36)8-7-23/h15-18,23-24,33H,5-14,19H2,1-4H3,(H,37,38). The number of rotatable bonds is 8. The molecule has 6 rings (SSSR count). The van der Waals surface area contributed by atoms with Crippen LogP contribution in [0.3, 0.4) is 0 Å². The predicted molar refractivity (Wildman–Crippen MR) is 161 cm³/mol. The highest BCUT2D eigenvalue weighted by Gasteiger charge is 2.47. The maximum atomic E-state index is 13.9. The van der Waals surface area contributed by atoms with Gasteiger partial charge in [-0.3, -0.25) is 14.5 Å². The minimum Gasteiger partial charge on any atom is -0.480 e. The van der Waals surface area contributed by atoms with Gasteiger partial charge in [-0.1, -0.05) is 17.2 Å². The normalized spacial score (nSPS) is 22.1. The molecule has 0 saturated carbocycles. The molecule has 0 spiro atoms. The van der Waals surface area contributed by atoms with Gasteiger partial charge in [0.2, 0.25) is 5.91 Å². The molecular weight excluding hydrogens is 520 g/mol. The summed E-state index contributed by atoms with van der Waals surface area (Å²) in [7, 11) is 0. The summed E-state index contributed by atoms with van der Waals surface area (Å²) in [5.41, 5.74) is 5.67. The number of fused-ring (bicyclic) bond motifs is 3. The van der Waals surface area contributed by atoms with E-state index in [-0.39, 0.29) is 12.5 Å². The molecule has 0 aliphatic carbocycles. The minimum atomic E-state index is -0.756. The molecule has 7 nitrogen and oxygen atoms in total. The predicted octanol–water partition coefficient (Wildman–Crippen LogP) is 5.19. The van der Waals surface area contributed by atoms with Crippen molar-refractivity contribution < 1.29 is 14.7 Å². The van der Waals surface area contributed by atoms with Crippen LogP contribution < -0.4 is 0 Å². The molecule has 8 heteroatoms. The van der Waals surface area contributed by atoms with E-state index in [1.54, 1.807) is 11.3 Å². The zero-order chi connectivity index (χ0) is 28.2. The smallest absolute Gasteiger partial charge is 0.317 e. The van der Waals surface area contributed by atoms with Crippen LogP contribution in [0.25, 0.3) is 21.5 Å². The number of benzene rings is 1. The number of carboxylic acid groups (broad SMARTS) is 1. The minimum absolute atomic E-state index is 0.119. The third-order valence-electron chi connectivity index (χ3n) is 9.45. The van der Waals surface area contributed by atoms with Gasteiger partial charge in [0.15, 0.2) is 0 Å². The first kappa shape index (κ1) is 27.5. The Balaban J connectivity index is 1.29. The number of amides is 1. The molecule has 3 aliphatic rings. The molecule has 5 heterocycles. The van der Waals surface area contributed by atoms with E-state index in [1.165, 1.54) is 33.3 Å². The van der Waals surface area contributed by atoms with E-state index >= 15 is 0 Å². The topological polar surface area (TPSA) is 79.9 Å². The zero-order valence-electron chi connectivity index (χ0n) is 24.3. The molecule has 0 unspecified atom stereocenters. The van der Waals surface area contributed by atoms with Gasteiger partial charge in [0.25, 0.3) is 0 Å². The summed E-state index contributed by atoms with van der Waals surface area (Å²) in [6.45, 7) is 12.9. The number of thiophene rings is 1. The average molecular weight is 563 g/mol. The lowest BCUT2D eigenvalue weighted by Crippen LogP contribution is -2.48. The van der Waals surface area contributed by atoms with Crippen LogP contribution in [0.5, 0.6) is 0 Å². The third kappa shape index (κ3) is 5.10. The molecule has 0 atom stereocenters. The molecule has 2 bridgehead atoms. The second-order valence-electron chi connectivity index (χ2n) is 12.8. The first-order valence-electron chi connectivity index (χ1n) is 14.8. The number of carbonyl (C=O) groups excluding carboxylic acids is 1. The summed E-state index contributed by atoms with van der Waals surface area (Å²) < 4.78 is 0. The van der Waals surface area contributed by atoms with Crippen molar-refractivity contribution in [2.75, 3.05) is 39.3 Å². The van der Waals surface area contributed by atoms with Crippen LogP contribution in [0.15, 0.2) is 24.3 Å². The molecule has 0 radical (unpaired) electrons. The van der Waals surface area contributed by atoms with E-state index < -0.39 is 11.4 Å². The maximum absolute atomic E-state index is 13.9. The highest BCUT2D eigenvalue weighted by molar-refractivity contribution is 7.19. The molecular formula is C32H42N4O3S. The molecule has 2 N–H and O–H groups in total. The van der Waals surface area contributed by atoms with Gasteiger partial charge in [-0.2, -0.15) is 0 Å². The maximum Gasteiger partial charge on any atom is 0.317 e. The van der Waals surface area contributed by atoms with Crippen LogP contribution in [0.2, 0.25) is 0 Å². The number of carbonyl (C=O) groups is 2. The summed E-state index contributed by atoms with van der Waals surface area (Å²) in [4.78, 5) is 37.8. The fourth-order valence-corrected chi connectivity index (χ4v) is 8.45. The van der Waals surface area contributed by atoms with Crippen molar-refractivity contribution in [3.05, 3.63) is 45.8 Å². The number of aryl methyl sites for hydroxylation is 2. The second-order valence-corrected chi connectivity index (χ2v) is 13.8. The third-order valence-corrected chi connectivity index (χ3v) is 10.8. The Labute approximate surface area is 241 Å². The van der Waals surface area contributed by atoms with Crippen LogP contribution in [-0.2, 0) is 21.4 Å². The molecule has 2 aromatic heterocycles. The van der Waals surface area contributed by atoms with E-state index in [0.717, 1.165) is 74.5 Å². The van der Waals surface area contributed by atoms with Crippen molar-refractivity contribution in [1.82, 2.24) is 19.7 Å². The van der Waals surface area contributed by atoms with Gasteiger partial charge < -0.3 is 19.9 Å². The molecule has 3 aliphatic heterocycles. The summed E-state index contributed by atoms with van der Waals surface area (Å²) in [5, 5.41) is 10.4. The van der Waals surface area contributed by atoms with Crippen LogP contribution in [0.1, 0.15) is 61.1 Å². The van der Waals surface area contributed by atoms with Crippen LogP contribution in [0, 0.1) is 13.8 Å². The number of aliphatic carboxylic acids is 1. The van der Waals surface area contributed by atoms with Gasteiger partial charge in [0.1, 0.15) is 4.83 Å². The van der Waals surface area contributed by atoms with E-state index in [1.807, 2.05) is 4.90 Å². The van der Waals surface area contributed by atoms with Gasteiger partial charge >= 0.3 is 5.97 Å². The van der Waals surface area contributed by atoms with Crippen LogP contribution >= 0.6 is 11.3 Å². The number of hydrogen-bond acceptors (Lipinski definition) is 5. The van der Waals surface area contributed by atoms with Crippen LogP contribution in [0.4, 0.5) is 0 Å². The van der Waals surface area contributed by atoms with Crippen molar-refractivity contribution in [1.29, 1.82) is 0 Å². The van der Waals surface area contributed by atoms with Crippen molar-refractivity contribution in [3.63, 3.8) is 0 Å². The van der Waals surface area contributed by atoms with E-state index in [4.69, 9.17) is 5.11 Å². The summed E-state index contributed by atoms with van der Waals surface area (Å²) >= 11 is 1.74. The Kier molecular flexibility index (Phi) is 7.30. The molecule has 3 fully saturated rings. The number of H-pyrrole nitrogens is 1. The van der Waals surface area contributed by atoms with Gasteiger partial charge in [-0.15, -0.1) is 11.3 Å². The number of aromatic amines is 1. The quantitative estimate of drug-likeness (QED) is 0.395. The van der Waals surface area contributed by atoms with Gasteiger partial charge in [0, 0.05) is 55.1 Å². The highest BCUT2D eigenvalue weighted by Crippen LogP contribution is 2.44. The van der Waals surface area contributed by atoms with Gasteiger partial charge in [-0.25, -0.2) is 0 Å². The number of nitrogens with one attached hydrogen (secondary N) is 1. The monoisotopic (exact) mass is 562 g/mol. The Morgan fingerprint density at radius 1 is 0.950 bits per heavy atom. The molecule has 3 saturated heterocycles. The fourth-order valence-electron chi connectivity index (χ4n) is 7.27. The van der Waals surface area contributed by atoms with Crippen LogP contribution in [-0.4, -0.2) is 88.0 Å². The number of hydrogen-bond donors (Lipinski definition) is 2. The lowest BCUT2D eigenvalue weighted by atomic mass is 9.88. The van der Waals surface area contributed by atoms with Crippen molar-refractivity contribution in [2.24, 2.45) is 0 Å². The first-order valence-corrected chi connectivity index (χ1v) is 15.6. The van der Waals surface area contributed by atoms with Gasteiger partial charge in [0.05, 0.1) is 17.7 Å². The molecule has 1 aromatic carbocycles. The Morgan fingerprint density at radius 2 is 1.55 bits per heavy atom. The molecule has 214 valence electrons. The van der Waals surface area contributed by atoms with E-state index in [9.17, 15) is 9.59 Å². The highest BCUT2D eigenvalue weighted by atomic mass is 32.1. The summed E-state index contributed by atoms with van der Waals surface area (Å²) in [6, 6.07) is 9.89. The second kappa shape index (κ2) is 10.6. The Hall–Kier alpha value is -2.68.